The molecule has 1 fully saturated rings. The highest BCUT2D eigenvalue weighted by molar-refractivity contribution is 7.08. The Bertz CT molecular complexity index is 796. The zero-order valence-electron chi connectivity index (χ0n) is 13.4. The van der Waals surface area contributed by atoms with Crippen LogP contribution in [0.25, 0.3) is 5.57 Å². The Labute approximate surface area is 150 Å². The maximum Gasteiger partial charge on any atom is 0.115 e. The van der Waals surface area contributed by atoms with Gasteiger partial charge in [0.05, 0.1) is 0 Å². The van der Waals surface area contributed by atoms with Crippen molar-refractivity contribution >= 4 is 28.2 Å². The summed E-state index contributed by atoms with van der Waals surface area (Å²) in [6.07, 6.45) is 0. The Kier molecular flexibility index (Phi) is 4.27. The fourth-order valence-electron chi connectivity index (χ4n) is 3.57. The van der Waals surface area contributed by atoms with Crippen LogP contribution in [0.15, 0.2) is 63.5 Å². The largest absolute Gasteiger partial charge is 0.508 e. The van der Waals surface area contributed by atoms with Crippen molar-refractivity contribution in [3.05, 3.63) is 80.2 Å². The van der Waals surface area contributed by atoms with Gasteiger partial charge in [0.2, 0.25) is 0 Å². The van der Waals surface area contributed by atoms with Gasteiger partial charge >= 0.3 is 0 Å². The molecule has 0 spiro atoms. The van der Waals surface area contributed by atoms with E-state index in [-0.39, 0.29) is 0 Å². The molecule has 3 heterocycles. The number of rotatable bonds is 3. The van der Waals surface area contributed by atoms with Crippen LogP contribution in [-0.2, 0) is 0 Å². The summed E-state index contributed by atoms with van der Waals surface area (Å²) in [6.45, 7) is 3.14. The van der Waals surface area contributed by atoms with Crippen molar-refractivity contribution in [2.75, 3.05) is 6.54 Å². The van der Waals surface area contributed by atoms with Crippen molar-refractivity contribution in [2.45, 2.75) is 18.9 Å². The first-order valence-electron chi connectivity index (χ1n) is 8.04. The van der Waals surface area contributed by atoms with Crippen LogP contribution in [0.3, 0.4) is 0 Å². The average molecular weight is 354 g/mol. The molecule has 2 nitrogen and oxygen atoms in total. The Hall–Kier alpha value is -1.88. The summed E-state index contributed by atoms with van der Waals surface area (Å²) in [5.74, 6) is 0.638. The molecule has 0 saturated carbocycles. The summed E-state index contributed by atoms with van der Waals surface area (Å²) in [4.78, 5) is 0. The molecule has 3 aromatic rings. The minimum atomic E-state index is 0.318. The van der Waals surface area contributed by atoms with E-state index in [1.165, 1.54) is 27.8 Å². The third-order valence-corrected chi connectivity index (χ3v) is 6.05. The van der Waals surface area contributed by atoms with Crippen LogP contribution < -0.4 is 5.32 Å². The highest BCUT2D eigenvalue weighted by Gasteiger charge is 2.32. The van der Waals surface area contributed by atoms with Crippen LogP contribution in [0.1, 0.15) is 29.5 Å². The molecule has 0 amide bonds. The van der Waals surface area contributed by atoms with Crippen LogP contribution in [0.4, 0.5) is 0 Å². The van der Waals surface area contributed by atoms with Gasteiger partial charge in [-0.2, -0.15) is 22.7 Å². The van der Waals surface area contributed by atoms with Gasteiger partial charge in [0.1, 0.15) is 5.75 Å². The van der Waals surface area contributed by atoms with Crippen LogP contribution in [0, 0.1) is 0 Å². The van der Waals surface area contributed by atoms with Gasteiger partial charge in [-0.15, -0.1) is 0 Å². The zero-order valence-corrected chi connectivity index (χ0v) is 15.0. The van der Waals surface area contributed by atoms with E-state index in [0.29, 0.717) is 17.7 Å². The molecule has 122 valence electrons. The van der Waals surface area contributed by atoms with Gasteiger partial charge in [-0.1, -0.05) is 12.1 Å². The normalized spacial score (nSPS) is 20.5. The van der Waals surface area contributed by atoms with E-state index >= 15 is 0 Å². The summed E-state index contributed by atoms with van der Waals surface area (Å²) in [5, 5.41) is 22.0. The molecule has 0 bridgehead atoms. The van der Waals surface area contributed by atoms with Crippen LogP contribution in [0.2, 0.25) is 0 Å². The summed E-state index contributed by atoms with van der Waals surface area (Å²) in [7, 11) is 0. The van der Waals surface area contributed by atoms with Crippen molar-refractivity contribution < 1.29 is 5.11 Å². The molecule has 0 aliphatic carbocycles. The van der Waals surface area contributed by atoms with E-state index in [1.54, 1.807) is 34.8 Å². The predicted octanol–water partition coefficient (Wildman–Crippen LogP) is 5.09. The number of thiophene rings is 2. The summed E-state index contributed by atoms with van der Waals surface area (Å²) in [6, 6.07) is 12.4. The molecule has 1 aliphatic heterocycles. The van der Waals surface area contributed by atoms with E-state index in [0.717, 1.165) is 6.54 Å². The molecule has 2 unspecified atom stereocenters. The lowest BCUT2D eigenvalue weighted by Gasteiger charge is -2.20. The number of aromatic hydroxyl groups is 1. The molecule has 2 atom stereocenters. The molecule has 1 saturated heterocycles. The first-order valence-corrected chi connectivity index (χ1v) is 9.93. The molecule has 2 aromatic heterocycles. The second kappa shape index (κ2) is 6.55. The zero-order chi connectivity index (χ0) is 16.5. The second-order valence-corrected chi connectivity index (χ2v) is 7.72. The van der Waals surface area contributed by atoms with E-state index in [2.05, 4.69) is 45.9 Å². The number of hydrogen-bond donors (Lipinski definition) is 2. The van der Waals surface area contributed by atoms with Gasteiger partial charge in [-0.3, -0.25) is 0 Å². The predicted molar refractivity (Wildman–Crippen MR) is 103 cm³/mol. The van der Waals surface area contributed by atoms with Gasteiger partial charge in [-0.25, -0.2) is 0 Å². The highest BCUT2D eigenvalue weighted by atomic mass is 32.1. The molecule has 1 aliphatic rings. The van der Waals surface area contributed by atoms with Crippen LogP contribution in [0.5, 0.6) is 5.75 Å². The van der Waals surface area contributed by atoms with Crippen molar-refractivity contribution in [2.24, 2.45) is 0 Å². The van der Waals surface area contributed by atoms with E-state index in [1.807, 2.05) is 12.1 Å². The SMILES string of the molecule is CC1NCC(=C(c2ccsc2)c2ccsc2)C1c1ccc(O)cc1. The van der Waals surface area contributed by atoms with Crippen molar-refractivity contribution in [3.63, 3.8) is 0 Å². The third kappa shape index (κ3) is 2.81. The fraction of sp³-hybridized carbons (Fsp3) is 0.200. The molecular formula is C20H19NOS2. The summed E-state index contributed by atoms with van der Waals surface area (Å²) in [5.41, 5.74) is 6.64. The molecule has 4 rings (SSSR count). The van der Waals surface area contributed by atoms with Crippen molar-refractivity contribution in [1.82, 2.24) is 5.32 Å². The van der Waals surface area contributed by atoms with E-state index in [9.17, 15) is 5.11 Å². The third-order valence-electron chi connectivity index (χ3n) is 4.68. The maximum absolute atomic E-state index is 9.62. The Balaban J connectivity index is 1.89. The molecular weight excluding hydrogens is 334 g/mol. The Morgan fingerprint density at radius 1 is 1.00 bits per heavy atom. The standard InChI is InChI=1S/C20H19NOS2/c1-13-19(14-2-4-17(22)5-3-14)18(10-21-13)20(15-6-8-23-11-15)16-7-9-24-12-16/h2-9,11-13,19,21-22H,10H2,1H3. The van der Waals surface area contributed by atoms with Gasteiger partial charge in [-0.05, 0) is 80.5 Å². The number of hydrogen-bond acceptors (Lipinski definition) is 4. The summed E-state index contributed by atoms with van der Waals surface area (Å²) >= 11 is 3.48. The minimum Gasteiger partial charge on any atom is -0.508 e. The lowest BCUT2D eigenvalue weighted by molar-refractivity contribution is 0.474. The number of phenols is 1. The average Bonchev–Trinajstić information content (AvgIpc) is 3.33. The fourth-order valence-corrected chi connectivity index (χ4v) is 4.86. The van der Waals surface area contributed by atoms with Crippen molar-refractivity contribution in [1.29, 1.82) is 0 Å². The topological polar surface area (TPSA) is 32.3 Å². The van der Waals surface area contributed by atoms with Crippen LogP contribution >= 0.6 is 22.7 Å². The molecule has 1 aromatic carbocycles. The first kappa shape index (κ1) is 15.6. The molecule has 0 radical (unpaired) electrons. The monoisotopic (exact) mass is 353 g/mol. The first-order chi connectivity index (χ1) is 11.7. The van der Waals surface area contributed by atoms with Crippen LogP contribution in [-0.4, -0.2) is 17.7 Å². The Morgan fingerprint density at radius 3 is 2.17 bits per heavy atom. The number of phenolic OH excluding ortho intramolecular Hbond substituents is 1. The molecule has 4 heteroatoms. The van der Waals surface area contributed by atoms with Gasteiger partial charge in [0, 0.05) is 18.5 Å². The van der Waals surface area contributed by atoms with Gasteiger partial charge < -0.3 is 10.4 Å². The van der Waals surface area contributed by atoms with E-state index in [4.69, 9.17) is 0 Å². The lowest BCUT2D eigenvalue weighted by atomic mass is 9.83. The highest BCUT2D eigenvalue weighted by Crippen LogP contribution is 2.41. The molecule has 24 heavy (non-hydrogen) atoms. The molecule has 2 N–H and O–H groups in total. The minimum absolute atomic E-state index is 0.318. The van der Waals surface area contributed by atoms with Gasteiger partial charge in [0.15, 0.2) is 0 Å². The maximum atomic E-state index is 9.62. The smallest absolute Gasteiger partial charge is 0.115 e. The lowest BCUT2D eigenvalue weighted by Crippen LogP contribution is -2.21. The summed E-state index contributed by atoms with van der Waals surface area (Å²) < 4.78 is 0. The number of nitrogens with one attached hydrogen (secondary N) is 1. The van der Waals surface area contributed by atoms with Crippen molar-refractivity contribution in [3.8, 4) is 5.75 Å². The quantitative estimate of drug-likeness (QED) is 0.687. The Morgan fingerprint density at radius 2 is 1.62 bits per heavy atom. The van der Waals surface area contributed by atoms with Gasteiger partial charge in [0.25, 0.3) is 0 Å². The second-order valence-electron chi connectivity index (χ2n) is 6.16. The van der Waals surface area contributed by atoms with E-state index < -0.39 is 0 Å². The number of benzene rings is 1.